The molecule has 2 aromatic rings. The normalized spacial score (nSPS) is 19.9. The summed E-state index contributed by atoms with van der Waals surface area (Å²) >= 11 is 0. The van der Waals surface area contributed by atoms with Gasteiger partial charge in [0.15, 0.2) is 0 Å². The minimum absolute atomic E-state index is 0.0828. The molecule has 7 nitrogen and oxygen atoms in total. The van der Waals surface area contributed by atoms with Crippen LogP contribution in [0.15, 0.2) is 34.9 Å². The zero-order valence-corrected chi connectivity index (χ0v) is 15.0. The van der Waals surface area contributed by atoms with E-state index in [1.807, 2.05) is 37.2 Å². The molecule has 1 aromatic heterocycles. The van der Waals surface area contributed by atoms with Crippen LogP contribution in [0.5, 0.6) is 0 Å². The van der Waals surface area contributed by atoms with Gasteiger partial charge in [0.05, 0.1) is 6.54 Å². The number of carbonyl (C=O) groups excluding carboxylic acids is 1. The molecule has 1 aliphatic rings. The molecule has 1 saturated heterocycles. The van der Waals surface area contributed by atoms with Gasteiger partial charge in [-0.1, -0.05) is 30.3 Å². The van der Waals surface area contributed by atoms with Gasteiger partial charge in [-0.3, -0.25) is 0 Å². The fourth-order valence-corrected chi connectivity index (χ4v) is 3.33. The van der Waals surface area contributed by atoms with E-state index in [2.05, 4.69) is 34.5 Å². The van der Waals surface area contributed by atoms with E-state index in [4.69, 9.17) is 4.52 Å². The van der Waals surface area contributed by atoms with Crippen LogP contribution in [0.3, 0.4) is 0 Å². The molecule has 1 aliphatic heterocycles. The Bertz CT molecular complexity index is 715. The molecule has 1 atom stereocenters. The van der Waals surface area contributed by atoms with Crippen LogP contribution in [-0.4, -0.2) is 47.3 Å². The molecule has 0 aliphatic carbocycles. The Morgan fingerprint density at radius 1 is 1.36 bits per heavy atom. The maximum Gasteiger partial charge on any atom is 0.318 e. The quantitative estimate of drug-likeness (QED) is 0.902. The Morgan fingerprint density at radius 2 is 2.12 bits per heavy atom. The fourth-order valence-electron chi connectivity index (χ4n) is 3.33. The predicted molar refractivity (Wildman–Crippen MR) is 95.4 cm³/mol. The first-order valence-electron chi connectivity index (χ1n) is 8.57. The van der Waals surface area contributed by atoms with Crippen LogP contribution < -0.4 is 10.2 Å². The molecule has 0 radical (unpaired) electrons. The number of amides is 2. The zero-order valence-electron chi connectivity index (χ0n) is 15.0. The molecule has 1 N–H and O–H groups in total. The number of hydrogen-bond donors (Lipinski definition) is 1. The molecule has 7 heteroatoms. The van der Waals surface area contributed by atoms with E-state index in [1.165, 1.54) is 5.56 Å². The lowest BCUT2D eigenvalue weighted by atomic mass is 9.90. The average Bonchev–Trinajstić information content (AvgIpc) is 3.20. The number of aromatic nitrogens is 2. The maximum absolute atomic E-state index is 12.7. The van der Waals surface area contributed by atoms with Gasteiger partial charge in [-0.15, -0.1) is 0 Å². The highest BCUT2D eigenvalue weighted by molar-refractivity contribution is 5.75. The molecule has 1 fully saturated rings. The summed E-state index contributed by atoms with van der Waals surface area (Å²) in [5.41, 5.74) is 1.08. The smallest absolute Gasteiger partial charge is 0.318 e. The van der Waals surface area contributed by atoms with Crippen LogP contribution >= 0.6 is 0 Å². The Hall–Kier alpha value is -2.57. The van der Waals surface area contributed by atoms with E-state index in [0.717, 1.165) is 25.8 Å². The molecular weight excluding hydrogens is 318 g/mol. The van der Waals surface area contributed by atoms with Crippen LogP contribution in [0.4, 0.5) is 10.7 Å². The molecule has 0 spiro atoms. The highest BCUT2D eigenvalue weighted by atomic mass is 16.5. The Kier molecular flexibility index (Phi) is 4.92. The second-order valence-corrected chi connectivity index (χ2v) is 6.96. The number of likely N-dealkylation sites (tertiary alicyclic amines) is 1. The SMILES string of the molecule is CN(C)c1noc(CNC(=O)N2CCCC2(C)Cc2ccccc2)n1. The maximum atomic E-state index is 12.7. The van der Waals surface area contributed by atoms with Gasteiger partial charge in [0, 0.05) is 26.2 Å². The number of nitrogens with zero attached hydrogens (tertiary/aromatic N) is 4. The predicted octanol–water partition coefficient (Wildman–Crippen LogP) is 2.44. The molecule has 25 heavy (non-hydrogen) atoms. The first-order valence-corrected chi connectivity index (χ1v) is 8.57. The van der Waals surface area contributed by atoms with Gasteiger partial charge in [-0.2, -0.15) is 4.98 Å². The van der Waals surface area contributed by atoms with Gasteiger partial charge >= 0.3 is 6.03 Å². The monoisotopic (exact) mass is 343 g/mol. The lowest BCUT2D eigenvalue weighted by molar-refractivity contribution is 0.154. The fraction of sp³-hybridized carbons (Fsp3) is 0.500. The van der Waals surface area contributed by atoms with E-state index >= 15 is 0 Å². The summed E-state index contributed by atoms with van der Waals surface area (Å²) in [6, 6.07) is 10.2. The van der Waals surface area contributed by atoms with Crippen molar-refractivity contribution in [1.29, 1.82) is 0 Å². The molecule has 2 amide bonds. The highest BCUT2D eigenvalue weighted by Gasteiger charge is 2.39. The number of urea groups is 1. The third-order valence-electron chi connectivity index (χ3n) is 4.67. The van der Waals surface area contributed by atoms with Gasteiger partial charge in [0.2, 0.25) is 5.89 Å². The average molecular weight is 343 g/mol. The van der Waals surface area contributed by atoms with Crippen molar-refractivity contribution in [3.63, 3.8) is 0 Å². The van der Waals surface area contributed by atoms with Gasteiger partial charge < -0.3 is 19.6 Å². The van der Waals surface area contributed by atoms with Crippen molar-refractivity contribution in [1.82, 2.24) is 20.4 Å². The van der Waals surface area contributed by atoms with Gasteiger partial charge in [-0.25, -0.2) is 4.79 Å². The number of hydrogen-bond acceptors (Lipinski definition) is 5. The summed E-state index contributed by atoms with van der Waals surface area (Å²) in [6.07, 6.45) is 2.87. The largest absolute Gasteiger partial charge is 0.344 e. The molecule has 0 bridgehead atoms. The van der Waals surface area contributed by atoms with Crippen LogP contribution in [0.25, 0.3) is 0 Å². The van der Waals surface area contributed by atoms with Crippen molar-refractivity contribution in [2.75, 3.05) is 25.5 Å². The van der Waals surface area contributed by atoms with Crippen molar-refractivity contribution in [3.8, 4) is 0 Å². The molecule has 0 saturated carbocycles. The number of benzene rings is 1. The van der Waals surface area contributed by atoms with E-state index in [0.29, 0.717) is 11.8 Å². The Balaban J connectivity index is 1.62. The Morgan fingerprint density at radius 3 is 2.80 bits per heavy atom. The second-order valence-electron chi connectivity index (χ2n) is 6.96. The molecule has 134 valence electrons. The first kappa shape index (κ1) is 17.3. The number of carbonyl (C=O) groups is 1. The van der Waals surface area contributed by atoms with Crippen molar-refractivity contribution in [2.24, 2.45) is 0 Å². The van der Waals surface area contributed by atoms with Gasteiger partial charge in [0.25, 0.3) is 5.95 Å². The van der Waals surface area contributed by atoms with Crippen molar-refractivity contribution >= 4 is 12.0 Å². The van der Waals surface area contributed by atoms with Crippen LogP contribution in [0, 0.1) is 0 Å². The second kappa shape index (κ2) is 7.13. The number of anilines is 1. The van der Waals surface area contributed by atoms with E-state index in [-0.39, 0.29) is 18.1 Å². The first-order chi connectivity index (χ1) is 12.0. The van der Waals surface area contributed by atoms with E-state index in [1.54, 1.807) is 4.90 Å². The lowest BCUT2D eigenvalue weighted by Gasteiger charge is -2.35. The van der Waals surface area contributed by atoms with Crippen LogP contribution in [-0.2, 0) is 13.0 Å². The van der Waals surface area contributed by atoms with Gasteiger partial charge in [-0.05, 0) is 36.9 Å². The minimum atomic E-state index is -0.172. The van der Waals surface area contributed by atoms with Crippen molar-refractivity contribution in [3.05, 3.63) is 41.8 Å². The summed E-state index contributed by atoms with van der Waals surface area (Å²) in [5.74, 6) is 0.903. The highest BCUT2D eigenvalue weighted by Crippen LogP contribution is 2.32. The minimum Gasteiger partial charge on any atom is -0.344 e. The topological polar surface area (TPSA) is 74.5 Å². The van der Waals surface area contributed by atoms with E-state index in [9.17, 15) is 4.79 Å². The summed E-state index contributed by atoms with van der Waals surface area (Å²) in [4.78, 5) is 20.6. The van der Waals surface area contributed by atoms with Crippen molar-refractivity contribution < 1.29 is 9.32 Å². The molecule has 1 unspecified atom stereocenters. The van der Waals surface area contributed by atoms with Crippen LogP contribution in [0.1, 0.15) is 31.2 Å². The Labute approximate surface area is 148 Å². The lowest BCUT2D eigenvalue weighted by Crippen LogP contribution is -2.50. The van der Waals surface area contributed by atoms with Gasteiger partial charge in [0.1, 0.15) is 0 Å². The van der Waals surface area contributed by atoms with Crippen LogP contribution in [0.2, 0.25) is 0 Å². The van der Waals surface area contributed by atoms with E-state index < -0.39 is 0 Å². The molecule has 2 heterocycles. The standard InChI is InChI=1S/C18H25N5O2/c1-18(12-14-8-5-4-6-9-14)10-7-11-23(18)17(24)19-13-15-20-16(21-25-15)22(2)3/h4-6,8-9H,7,10-13H2,1-3H3,(H,19,24). The third-order valence-corrected chi connectivity index (χ3v) is 4.67. The van der Waals surface area contributed by atoms with Crippen molar-refractivity contribution in [2.45, 2.75) is 38.3 Å². The summed E-state index contributed by atoms with van der Waals surface area (Å²) < 4.78 is 5.15. The molecule has 3 rings (SSSR count). The third kappa shape index (κ3) is 3.92. The summed E-state index contributed by atoms with van der Waals surface area (Å²) in [6.45, 7) is 3.16. The number of nitrogens with one attached hydrogen (secondary N) is 1. The molecule has 1 aromatic carbocycles. The summed E-state index contributed by atoms with van der Waals surface area (Å²) in [7, 11) is 3.68. The zero-order chi connectivity index (χ0) is 17.9. The summed E-state index contributed by atoms with van der Waals surface area (Å²) in [5, 5.41) is 6.76. The number of rotatable bonds is 5. The molecular formula is C18H25N5O2.